The first-order chi connectivity index (χ1) is 9.74. The number of ether oxygens (including phenoxy) is 2. The largest absolute Gasteiger partial charge is 0.497 e. The Bertz CT molecular complexity index is 691. The number of benzene rings is 2. The second-order valence-corrected chi connectivity index (χ2v) is 4.64. The van der Waals surface area contributed by atoms with E-state index in [9.17, 15) is 0 Å². The van der Waals surface area contributed by atoms with Crippen LogP contribution in [0.2, 0.25) is 0 Å². The lowest BCUT2D eigenvalue weighted by atomic mass is 9.90. The molecule has 1 aliphatic heterocycles. The Labute approximate surface area is 117 Å². The molecule has 4 heteroatoms. The van der Waals surface area contributed by atoms with Crippen molar-refractivity contribution in [3.8, 4) is 28.7 Å². The van der Waals surface area contributed by atoms with E-state index in [0.29, 0.717) is 0 Å². The number of fused-ring (bicyclic) bond motifs is 3. The fourth-order valence-corrected chi connectivity index (χ4v) is 2.47. The van der Waals surface area contributed by atoms with Gasteiger partial charge in [-0.2, -0.15) is 5.26 Å². The van der Waals surface area contributed by atoms with E-state index >= 15 is 0 Å². The van der Waals surface area contributed by atoms with Crippen LogP contribution >= 0.6 is 0 Å². The molecule has 2 unspecified atom stereocenters. The average molecular weight is 266 g/mol. The van der Waals surface area contributed by atoms with Gasteiger partial charge in [0.05, 0.1) is 13.2 Å². The van der Waals surface area contributed by atoms with E-state index in [0.717, 1.165) is 28.2 Å². The van der Waals surface area contributed by atoms with Crippen LogP contribution in [-0.4, -0.2) is 13.2 Å². The molecule has 20 heavy (non-hydrogen) atoms. The average Bonchev–Trinajstić information content (AvgIpc) is 2.52. The highest BCUT2D eigenvalue weighted by molar-refractivity contribution is 5.77. The van der Waals surface area contributed by atoms with Gasteiger partial charge in [-0.3, -0.25) is 0 Å². The van der Waals surface area contributed by atoms with Gasteiger partial charge in [-0.1, -0.05) is 24.3 Å². The molecular weight excluding hydrogens is 252 g/mol. The fraction of sp³-hybridized carbons (Fsp3) is 0.188. The third kappa shape index (κ3) is 1.89. The highest BCUT2D eigenvalue weighted by atomic mass is 16.5. The molecule has 1 heterocycles. The molecule has 0 aliphatic carbocycles. The van der Waals surface area contributed by atoms with Crippen LogP contribution in [0.3, 0.4) is 0 Å². The predicted molar refractivity (Wildman–Crippen MR) is 75.4 cm³/mol. The number of methoxy groups -OCH3 is 1. The monoisotopic (exact) mass is 266 g/mol. The van der Waals surface area contributed by atoms with Crippen molar-refractivity contribution in [3.05, 3.63) is 48.0 Å². The van der Waals surface area contributed by atoms with Crippen molar-refractivity contribution in [2.75, 3.05) is 7.11 Å². The van der Waals surface area contributed by atoms with Crippen LogP contribution in [0.1, 0.15) is 11.7 Å². The van der Waals surface area contributed by atoms with E-state index in [1.165, 1.54) is 0 Å². The Morgan fingerprint density at radius 2 is 2.05 bits per heavy atom. The molecule has 0 amide bonds. The summed E-state index contributed by atoms with van der Waals surface area (Å²) in [6, 6.07) is 14.8. The molecule has 0 saturated carbocycles. The quantitative estimate of drug-likeness (QED) is 0.907. The van der Waals surface area contributed by atoms with Crippen molar-refractivity contribution in [2.45, 2.75) is 12.1 Å². The normalized spacial score (nSPS) is 17.1. The molecule has 0 bridgehead atoms. The Balaban J connectivity index is 2.18. The number of hydrogen-bond acceptors (Lipinski definition) is 4. The summed E-state index contributed by atoms with van der Waals surface area (Å²) in [5.74, 6) is 1.49. The van der Waals surface area contributed by atoms with E-state index in [4.69, 9.17) is 20.5 Å². The van der Waals surface area contributed by atoms with Crippen LogP contribution in [0.5, 0.6) is 11.5 Å². The lowest BCUT2D eigenvalue weighted by Gasteiger charge is -2.30. The summed E-state index contributed by atoms with van der Waals surface area (Å²) in [5.41, 5.74) is 8.79. The smallest absolute Gasteiger partial charge is 0.153 e. The van der Waals surface area contributed by atoms with Gasteiger partial charge in [0.2, 0.25) is 0 Å². The zero-order chi connectivity index (χ0) is 14.1. The van der Waals surface area contributed by atoms with Crippen LogP contribution in [0, 0.1) is 11.3 Å². The Morgan fingerprint density at radius 1 is 1.25 bits per heavy atom. The van der Waals surface area contributed by atoms with Crippen LogP contribution in [-0.2, 0) is 0 Å². The van der Waals surface area contributed by atoms with Crippen molar-refractivity contribution in [2.24, 2.45) is 5.73 Å². The minimum absolute atomic E-state index is 0.447. The molecule has 100 valence electrons. The minimum atomic E-state index is -0.702. The molecule has 0 spiro atoms. The molecule has 0 radical (unpaired) electrons. The van der Waals surface area contributed by atoms with Gasteiger partial charge in [0.15, 0.2) is 6.10 Å². The van der Waals surface area contributed by atoms with Crippen molar-refractivity contribution in [3.63, 3.8) is 0 Å². The Morgan fingerprint density at radius 3 is 2.80 bits per heavy atom. The summed E-state index contributed by atoms with van der Waals surface area (Å²) in [4.78, 5) is 0. The summed E-state index contributed by atoms with van der Waals surface area (Å²) >= 11 is 0. The molecule has 0 fully saturated rings. The van der Waals surface area contributed by atoms with Gasteiger partial charge >= 0.3 is 0 Å². The summed E-state index contributed by atoms with van der Waals surface area (Å²) in [6.45, 7) is 0. The maximum absolute atomic E-state index is 9.07. The second-order valence-electron chi connectivity index (χ2n) is 4.64. The third-order valence-electron chi connectivity index (χ3n) is 3.47. The molecule has 1 aliphatic rings. The summed E-state index contributed by atoms with van der Waals surface area (Å²) in [7, 11) is 1.63. The van der Waals surface area contributed by atoms with Crippen LogP contribution in [0.15, 0.2) is 42.5 Å². The van der Waals surface area contributed by atoms with Crippen molar-refractivity contribution in [1.82, 2.24) is 0 Å². The standard InChI is InChI=1S/C16H14N2O2/c1-19-10-6-7-15-13(8-10)11-4-2-3-5-12(11)16(20-15)14(18)9-17/h2-8,14,16H,18H2,1H3. The SMILES string of the molecule is COc1ccc2c(c1)-c1ccccc1C(C(N)C#N)O2. The van der Waals surface area contributed by atoms with Crippen LogP contribution < -0.4 is 15.2 Å². The maximum atomic E-state index is 9.07. The highest BCUT2D eigenvalue weighted by Crippen LogP contribution is 2.44. The predicted octanol–water partition coefficient (Wildman–Crippen LogP) is 2.65. The van der Waals surface area contributed by atoms with E-state index in [2.05, 4.69) is 6.07 Å². The van der Waals surface area contributed by atoms with Crippen LogP contribution in [0.4, 0.5) is 0 Å². The van der Waals surface area contributed by atoms with Gasteiger partial charge < -0.3 is 15.2 Å². The molecule has 2 N–H and O–H groups in total. The Kier molecular flexibility index (Phi) is 3.05. The van der Waals surface area contributed by atoms with Crippen molar-refractivity contribution in [1.29, 1.82) is 5.26 Å². The van der Waals surface area contributed by atoms with Crippen LogP contribution in [0.25, 0.3) is 11.1 Å². The molecule has 0 aromatic heterocycles. The zero-order valence-corrected chi connectivity index (χ0v) is 11.0. The van der Waals surface area contributed by atoms with E-state index in [1.807, 2.05) is 42.5 Å². The first-order valence-corrected chi connectivity index (χ1v) is 6.34. The lowest BCUT2D eigenvalue weighted by molar-refractivity contribution is 0.189. The number of nitrogens with two attached hydrogens (primary N) is 1. The number of hydrogen-bond donors (Lipinski definition) is 1. The Hall–Kier alpha value is -2.51. The number of rotatable bonds is 2. The van der Waals surface area contributed by atoms with Gasteiger partial charge in [0.1, 0.15) is 17.5 Å². The summed E-state index contributed by atoms with van der Waals surface area (Å²) < 4.78 is 11.2. The zero-order valence-electron chi connectivity index (χ0n) is 11.0. The molecule has 2 aromatic rings. The van der Waals surface area contributed by atoms with Gasteiger partial charge in [-0.25, -0.2) is 0 Å². The number of nitriles is 1. The molecule has 2 atom stereocenters. The maximum Gasteiger partial charge on any atom is 0.153 e. The topological polar surface area (TPSA) is 68.3 Å². The van der Waals surface area contributed by atoms with Crippen molar-refractivity contribution < 1.29 is 9.47 Å². The van der Waals surface area contributed by atoms with Gasteiger partial charge in [0.25, 0.3) is 0 Å². The van der Waals surface area contributed by atoms with Gasteiger partial charge in [0, 0.05) is 11.1 Å². The van der Waals surface area contributed by atoms with Gasteiger partial charge in [-0.05, 0) is 23.8 Å². The fourth-order valence-electron chi connectivity index (χ4n) is 2.47. The molecule has 4 nitrogen and oxygen atoms in total. The highest BCUT2D eigenvalue weighted by Gasteiger charge is 2.30. The van der Waals surface area contributed by atoms with E-state index < -0.39 is 12.1 Å². The summed E-state index contributed by atoms with van der Waals surface area (Å²) in [6.07, 6.45) is -0.447. The van der Waals surface area contributed by atoms with E-state index in [-0.39, 0.29) is 0 Å². The van der Waals surface area contributed by atoms with E-state index in [1.54, 1.807) is 7.11 Å². The third-order valence-corrected chi connectivity index (χ3v) is 3.47. The second kappa shape index (κ2) is 4.87. The minimum Gasteiger partial charge on any atom is -0.497 e. The lowest BCUT2D eigenvalue weighted by Crippen LogP contribution is -2.32. The summed E-state index contributed by atoms with van der Waals surface area (Å²) in [5, 5.41) is 9.07. The van der Waals surface area contributed by atoms with Gasteiger partial charge in [-0.15, -0.1) is 0 Å². The molecule has 0 saturated heterocycles. The first-order valence-electron chi connectivity index (χ1n) is 6.34. The molecule has 3 rings (SSSR count). The molecular formula is C16H14N2O2. The first kappa shape index (κ1) is 12.5. The molecule has 2 aromatic carbocycles. The van der Waals surface area contributed by atoms with Crippen molar-refractivity contribution >= 4 is 0 Å². The number of nitrogens with zero attached hydrogens (tertiary/aromatic N) is 1.